The normalized spacial score (nSPS) is 10.6. The fourth-order valence-corrected chi connectivity index (χ4v) is 1.17. The number of aromatic nitrogens is 3. The van der Waals surface area contributed by atoms with E-state index in [9.17, 15) is 13.6 Å². The van der Waals surface area contributed by atoms with Crippen molar-refractivity contribution < 1.29 is 18.1 Å². The summed E-state index contributed by atoms with van der Waals surface area (Å²) in [6.07, 6.45) is -1.33. The van der Waals surface area contributed by atoms with Crippen LogP contribution in [-0.2, 0) is 6.54 Å². The SMILES string of the molecule is O=C(NCc1nc(C(F)F)no1)c1ccccn1. The molecule has 2 aromatic heterocycles. The molecule has 18 heavy (non-hydrogen) atoms. The van der Waals surface area contributed by atoms with Gasteiger partial charge in [-0.15, -0.1) is 0 Å². The number of carbonyl (C=O) groups excluding carboxylic acids is 1. The number of amides is 1. The van der Waals surface area contributed by atoms with Crippen LogP contribution in [0.4, 0.5) is 8.78 Å². The lowest BCUT2D eigenvalue weighted by Crippen LogP contribution is -2.23. The van der Waals surface area contributed by atoms with Crippen LogP contribution in [0.1, 0.15) is 28.6 Å². The smallest absolute Gasteiger partial charge is 0.300 e. The molecule has 94 valence electrons. The summed E-state index contributed by atoms with van der Waals surface area (Å²) in [5.74, 6) is -1.24. The Morgan fingerprint density at radius 3 is 2.89 bits per heavy atom. The van der Waals surface area contributed by atoms with Gasteiger partial charge in [0.1, 0.15) is 5.69 Å². The van der Waals surface area contributed by atoms with Gasteiger partial charge in [-0.3, -0.25) is 9.78 Å². The largest absolute Gasteiger partial charge is 0.342 e. The minimum atomic E-state index is -2.80. The lowest BCUT2D eigenvalue weighted by atomic mass is 10.3. The number of carbonyl (C=O) groups is 1. The van der Waals surface area contributed by atoms with Crippen molar-refractivity contribution in [2.75, 3.05) is 0 Å². The Balaban J connectivity index is 1.93. The van der Waals surface area contributed by atoms with Gasteiger partial charge >= 0.3 is 6.43 Å². The molecule has 0 bridgehead atoms. The summed E-state index contributed by atoms with van der Waals surface area (Å²) in [6.45, 7) is -0.130. The second kappa shape index (κ2) is 5.30. The summed E-state index contributed by atoms with van der Waals surface area (Å²) < 4.78 is 28.9. The summed E-state index contributed by atoms with van der Waals surface area (Å²) in [4.78, 5) is 18.8. The zero-order chi connectivity index (χ0) is 13.0. The Bertz CT molecular complexity index is 530. The summed E-state index contributed by atoms with van der Waals surface area (Å²) in [6, 6.07) is 4.85. The molecule has 0 saturated heterocycles. The number of halogens is 2. The highest BCUT2D eigenvalue weighted by atomic mass is 19.3. The number of alkyl halides is 2. The van der Waals surface area contributed by atoms with Gasteiger partial charge in [-0.2, -0.15) is 4.98 Å². The van der Waals surface area contributed by atoms with E-state index in [0.717, 1.165) is 0 Å². The third-order valence-corrected chi connectivity index (χ3v) is 1.98. The van der Waals surface area contributed by atoms with Gasteiger partial charge in [0.05, 0.1) is 6.54 Å². The first-order valence-corrected chi connectivity index (χ1v) is 4.96. The third kappa shape index (κ3) is 2.84. The molecule has 0 aliphatic carbocycles. The van der Waals surface area contributed by atoms with Crippen LogP contribution in [-0.4, -0.2) is 21.0 Å². The number of rotatable bonds is 4. The van der Waals surface area contributed by atoms with Crippen molar-refractivity contribution in [3.63, 3.8) is 0 Å². The molecule has 2 heterocycles. The average Bonchev–Trinajstić information content (AvgIpc) is 2.86. The molecule has 0 atom stereocenters. The van der Waals surface area contributed by atoms with E-state index < -0.39 is 18.2 Å². The van der Waals surface area contributed by atoms with Gasteiger partial charge in [0.25, 0.3) is 5.91 Å². The second-order valence-electron chi connectivity index (χ2n) is 3.24. The average molecular weight is 254 g/mol. The Kier molecular flexibility index (Phi) is 3.56. The van der Waals surface area contributed by atoms with Gasteiger partial charge in [-0.1, -0.05) is 11.2 Å². The van der Waals surface area contributed by atoms with Gasteiger partial charge in [0.15, 0.2) is 0 Å². The minimum Gasteiger partial charge on any atom is -0.342 e. The van der Waals surface area contributed by atoms with Gasteiger partial charge in [0, 0.05) is 6.20 Å². The summed E-state index contributed by atoms with van der Waals surface area (Å²) >= 11 is 0. The maximum absolute atomic E-state index is 12.2. The third-order valence-electron chi connectivity index (χ3n) is 1.98. The summed E-state index contributed by atoms with van der Waals surface area (Å²) in [5.41, 5.74) is 0.214. The van der Waals surface area contributed by atoms with Crippen LogP contribution in [0.15, 0.2) is 28.9 Å². The topological polar surface area (TPSA) is 80.9 Å². The Morgan fingerprint density at radius 1 is 1.44 bits per heavy atom. The lowest BCUT2D eigenvalue weighted by molar-refractivity contribution is 0.0941. The molecule has 0 radical (unpaired) electrons. The van der Waals surface area contributed by atoms with Gasteiger partial charge in [0.2, 0.25) is 11.7 Å². The van der Waals surface area contributed by atoms with Gasteiger partial charge in [-0.05, 0) is 12.1 Å². The van der Waals surface area contributed by atoms with E-state index in [2.05, 4.69) is 25.0 Å². The molecular formula is C10H8F2N4O2. The first-order chi connectivity index (χ1) is 8.66. The fraction of sp³-hybridized carbons (Fsp3) is 0.200. The van der Waals surface area contributed by atoms with Crippen molar-refractivity contribution in [2.24, 2.45) is 0 Å². The molecular weight excluding hydrogens is 246 g/mol. The number of nitrogens with one attached hydrogen (secondary N) is 1. The van der Waals surface area contributed by atoms with E-state index in [0.29, 0.717) is 0 Å². The Morgan fingerprint density at radius 2 is 2.28 bits per heavy atom. The fourth-order valence-electron chi connectivity index (χ4n) is 1.17. The van der Waals surface area contributed by atoms with Gasteiger partial charge in [-0.25, -0.2) is 8.78 Å². The van der Waals surface area contributed by atoms with Crippen LogP contribution < -0.4 is 5.32 Å². The van der Waals surface area contributed by atoms with Gasteiger partial charge < -0.3 is 9.84 Å². The zero-order valence-corrected chi connectivity index (χ0v) is 9.01. The Labute approximate surface area is 100 Å². The standard InChI is InChI=1S/C10H8F2N4O2/c11-8(12)9-15-7(18-16-9)5-14-10(17)6-3-1-2-4-13-6/h1-4,8H,5H2,(H,14,17). The van der Waals surface area contributed by atoms with E-state index in [1.54, 1.807) is 12.1 Å². The van der Waals surface area contributed by atoms with Crippen molar-refractivity contribution >= 4 is 5.91 Å². The summed E-state index contributed by atoms with van der Waals surface area (Å²) in [5, 5.41) is 5.49. The summed E-state index contributed by atoms with van der Waals surface area (Å²) in [7, 11) is 0. The predicted molar refractivity (Wildman–Crippen MR) is 54.7 cm³/mol. The van der Waals surface area contributed by atoms with Crippen LogP contribution in [0.3, 0.4) is 0 Å². The molecule has 0 aliphatic heterocycles. The molecule has 0 unspecified atom stereocenters. The molecule has 0 aliphatic rings. The highest BCUT2D eigenvalue weighted by molar-refractivity contribution is 5.91. The highest BCUT2D eigenvalue weighted by Crippen LogP contribution is 2.14. The van der Waals surface area contributed by atoms with Crippen LogP contribution >= 0.6 is 0 Å². The van der Waals surface area contributed by atoms with Crippen molar-refractivity contribution in [1.29, 1.82) is 0 Å². The Hall–Kier alpha value is -2.38. The van der Waals surface area contributed by atoms with Crippen molar-refractivity contribution in [3.05, 3.63) is 41.8 Å². The molecule has 0 fully saturated rings. The monoisotopic (exact) mass is 254 g/mol. The second-order valence-corrected chi connectivity index (χ2v) is 3.24. The molecule has 2 rings (SSSR count). The molecule has 0 aromatic carbocycles. The van der Waals surface area contributed by atoms with Crippen LogP contribution in [0, 0.1) is 0 Å². The molecule has 0 spiro atoms. The van der Waals surface area contributed by atoms with E-state index in [1.807, 2.05) is 0 Å². The van der Waals surface area contributed by atoms with E-state index in [-0.39, 0.29) is 18.1 Å². The van der Waals surface area contributed by atoms with Crippen LogP contribution in [0.5, 0.6) is 0 Å². The molecule has 2 aromatic rings. The lowest BCUT2D eigenvalue weighted by Gasteiger charge is -2.00. The van der Waals surface area contributed by atoms with Crippen molar-refractivity contribution in [1.82, 2.24) is 20.4 Å². The van der Waals surface area contributed by atoms with E-state index in [4.69, 9.17) is 0 Å². The maximum Gasteiger partial charge on any atom is 0.300 e. The minimum absolute atomic E-state index is 0.0884. The number of pyridine rings is 1. The predicted octanol–water partition coefficient (Wildman–Crippen LogP) is 1.33. The molecule has 8 heteroatoms. The quantitative estimate of drug-likeness (QED) is 0.890. The van der Waals surface area contributed by atoms with E-state index in [1.165, 1.54) is 12.3 Å². The zero-order valence-electron chi connectivity index (χ0n) is 9.01. The number of hydrogen-bond donors (Lipinski definition) is 1. The first kappa shape index (κ1) is 12.1. The van der Waals surface area contributed by atoms with E-state index >= 15 is 0 Å². The first-order valence-electron chi connectivity index (χ1n) is 4.96. The van der Waals surface area contributed by atoms with Crippen molar-refractivity contribution in [2.45, 2.75) is 13.0 Å². The van der Waals surface area contributed by atoms with Crippen LogP contribution in [0.2, 0.25) is 0 Å². The van der Waals surface area contributed by atoms with Crippen molar-refractivity contribution in [3.8, 4) is 0 Å². The molecule has 6 nitrogen and oxygen atoms in total. The molecule has 0 saturated carbocycles. The molecule has 1 N–H and O–H groups in total. The maximum atomic E-state index is 12.2. The molecule has 1 amide bonds. The van der Waals surface area contributed by atoms with Crippen LogP contribution in [0.25, 0.3) is 0 Å². The highest BCUT2D eigenvalue weighted by Gasteiger charge is 2.16. The number of nitrogens with zero attached hydrogens (tertiary/aromatic N) is 3. The number of hydrogen-bond acceptors (Lipinski definition) is 5.